The van der Waals surface area contributed by atoms with Crippen LogP contribution in [0.1, 0.15) is 10.6 Å². The Morgan fingerprint density at radius 3 is 2.75 bits per heavy atom. The first-order valence-electron chi connectivity index (χ1n) is 7.80. The molecule has 0 aliphatic heterocycles. The van der Waals surface area contributed by atoms with Crippen molar-refractivity contribution in [3.63, 3.8) is 0 Å². The lowest BCUT2D eigenvalue weighted by Gasteiger charge is -2.05. The Morgan fingerprint density at radius 1 is 1.12 bits per heavy atom. The molecule has 0 aliphatic carbocycles. The number of hydrogen-bond donors (Lipinski definition) is 1. The van der Waals surface area contributed by atoms with Gasteiger partial charge in [-0.3, -0.25) is 0 Å². The molecule has 0 atom stereocenters. The second-order valence-corrected chi connectivity index (χ2v) is 6.86. The van der Waals surface area contributed by atoms with E-state index < -0.39 is 0 Å². The summed E-state index contributed by atoms with van der Waals surface area (Å²) in [7, 11) is 1.69. The van der Waals surface area contributed by atoms with E-state index >= 15 is 0 Å². The summed E-state index contributed by atoms with van der Waals surface area (Å²) in [6.45, 7) is 1.62. The number of nitrogens with zero attached hydrogens (tertiary/aromatic N) is 1. The van der Waals surface area contributed by atoms with Gasteiger partial charge in [-0.1, -0.05) is 41.9 Å². The maximum absolute atomic E-state index is 6.17. The summed E-state index contributed by atoms with van der Waals surface area (Å²) in [6, 6.07) is 16.0. The molecule has 0 radical (unpaired) electrons. The van der Waals surface area contributed by atoms with Crippen LogP contribution in [0.3, 0.4) is 0 Å². The predicted molar refractivity (Wildman–Crippen MR) is 101 cm³/mol. The zero-order chi connectivity index (χ0) is 16.8. The minimum Gasteiger partial charge on any atom is -0.496 e. The molecule has 0 fully saturated rings. The van der Waals surface area contributed by atoms with Crippen molar-refractivity contribution in [3.05, 3.63) is 70.3 Å². The molecule has 0 bridgehead atoms. The molecule has 0 saturated carbocycles. The van der Waals surface area contributed by atoms with Crippen LogP contribution in [0.25, 0.3) is 10.4 Å². The highest BCUT2D eigenvalue weighted by Crippen LogP contribution is 2.33. The number of hydrogen-bond acceptors (Lipinski definition) is 4. The van der Waals surface area contributed by atoms with Gasteiger partial charge in [0.05, 0.1) is 12.0 Å². The topological polar surface area (TPSA) is 34.1 Å². The van der Waals surface area contributed by atoms with E-state index in [1.807, 2.05) is 42.6 Å². The number of benzene rings is 2. The standard InChI is InChI=1S/C19H19ClN2OS/c1-23-17-9-5-3-7-15(17)18-12-22-19(24-18)13-21-11-10-14-6-2-4-8-16(14)20/h2-9,12,21H,10-11,13H2,1H3. The van der Waals surface area contributed by atoms with Crippen LogP contribution in [0.15, 0.2) is 54.7 Å². The molecule has 0 unspecified atom stereocenters. The molecule has 1 N–H and O–H groups in total. The Morgan fingerprint density at radius 2 is 1.92 bits per heavy atom. The third-order valence-corrected chi connectivity index (χ3v) is 5.13. The fourth-order valence-corrected chi connectivity index (χ4v) is 3.63. The average molecular weight is 359 g/mol. The molecular weight excluding hydrogens is 340 g/mol. The molecule has 3 nitrogen and oxygen atoms in total. The van der Waals surface area contributed by atoms with Crippen LogP contribution in [0.2, 0.25) is 5.02 Å². The maximum atomic E-state index is 6.17. The van der Waals surface area contributed by atoms with Crippen LogP contribution in [0.5, 0.6) is 5.75 Å². The number of methoxy groups -OCH3 is 1. The molecule has 0 amide bonds. The third-order valence-electron chi connectivity index (χ3n) is 3.73. The fourth-order valence-electron chi connectivity index (χ4n) is 2.48. The predicted octanol–water partition coefficient (Wildman–Crippen LogP) is 4.80. The molecule has 0 aliphatic rings. The number of nitrogens with one attached hydrogen (secondary N) is 1. The monoisotopic (exact) mass is 358 g/mol. The minimum absolute atomic E-state index is 0.754. The van der Waals surface area contributed by atoms with Crippen LogP contribution in [-0.2, 0) is 13.0 Å². The van der Waals surface area contributed by atoms with Gasteiger partial charge in [-0.2, -0.15) is 0 Å². The lowest BCUT2D eigenvalue weighted by atomic mass is 10.1. The van der Waals surface area contributed by atoms with Gasteiger partial charge in [-0.25, -0.2) is 4.98 Å². The molecule has 24 heavy (non-hydrogen) atoms. The number of ether oxygens (including phenoxy) is 1. The van der Waals surface area contributed by atoms with Crippen molar-refractivity contribution in [1.29, 1.82) is 0 Å². The minimum atomic E-state index is 0.754. The van der Waals surface area contributed by atoms with Crippen LogP contribution < -0.4 is 10.1 Å². The molecule has 3 aromatic rings. The van der Waals surface area contributed by atoms with E-state index in [0.29, 0.717) is 0 Å². The number of thiazole rings is 1. The summed E-state index contributed by atoms with van der Waals surface area (Å²) >= 11 is 7.86. The first kappa shape index (κ1) is 17.0. The molecule has 3 rings (SSSR count). The second kappa shape index (κ2) is 8.29. The van der Waals surface area contributed by atoms with Gasteiger partial charge in [0.25, 0.3) is 0 Å². The number of halogens is 1. The Bertz CT molecular complexity index is 803. The molecule has 124 valence electrons. The summed E-state index contributed by atoms with van der Waals surface area (Å²) in [5.74, 6) is 0.874. The summed E-state index contributed by atoms with van der Waals surface area (Å²) in [6.07, 6.45) is 2.82. The normalized spacial score (nSPS) is 10.8. The van der Waals surface area contributed by atoms with Gasteiger partial charge in [0.15, 0.2) is 0 Å². The lowest BCUT2D eigenvalue weighted by molar-refractivity contribution is 0.416. The Kier molecular flexibility index (Phi) is 5.86. The summed E-state index contributed by atoms with van der Waals surface area (Å²) in [5, 5.41) is 5.32. The van der Waals surface area contributed by atoms with E-state index in [-0.39, 0.29) is 0 Å². The average Bonchev–Trinajstić information content (AvgIpc) is 3.09. The van der Waals surface area contributed by atoms with Gasteiger partial charge in [-0.05, 0) is 36.7 Å². The Labute approximate surface area is 151 Å². The number of aromatic nitrogens is 1. The molecule has 2 aromatic carbocycles. The largest absolute Gasteiger partial charge is 0.496 e. The molecule has 0 spiro atoms. The van der Waals surface area contributed by atoms with E-state index in [1.165, 1.54) is 5.56 Å². The van der Waals surface area contributed by atoms with Crippen molar-refractivity contribution in [3.8, 4) is 16.2 Å². The van der Waals surface area contributed by atoms with Crippen LogP contribution >= 0.6 is 22.9 Å². The zero-order valence-electron chi connectivity index (χ0n) is 13.5. The van der Waals surface area contributed by atoms with E-state index in [0.717, 1.165) is 45.7 Å². The van der Waals surface area contributed by atoms with Gasteiger partial charge in [0.1, 0.15) is 10.8 Å². The van der Waals surface area contributed by atoms with Gasteiger partial charge in [0.2, 0.25) is 0 Å². The molecular formula is C19H19ClN2OS. The van der Waals surface area contributed by atoms with Crippen LogP contribution in [0, 0.1) is 0 Å². The van der Waals surface area contributed by atoms with E-state index in [4.69, 9.17) is 16.3 Å². The second-order valence-electron chi connectivity index (χ2n) is 5.34. The van der Waals surface area contributed by atoms with Crippen LogP contribution in [-0.4, -0.2) is 18.6 Å². The SMILES string of the molecule is COc1ccccc1-c1cnc(CNCCc2ccccc2Cl)s1. The van der Waals surface area contributed by atoms with E-state index in [9.17, 15) is 0 Å². The van der Waals surface area contributed by atoms with Crippen LogP contribution in [0.4, 0.5) is 0 Å². The molecule has 5 heteroatoms. The van der Waals surface area contributed by atoms with Gasteiger partial charge in [0, 0.05) is 23.3 Å². The lowest BCUT2D eigenvalue weighted by Crippen LogP contribution is -2.16. The third kappa shape index (κ3) is 4.15. The first-order valence-corrected chi connectivity index (χ1v) is 8.99. The summed E-state index contributed by atoms with van der Waals surface area (Å²) < 4.78 is 5.42. The number of rotatable bonds is 7. The van der Waals surface area contributed by atoms with E-state index in [2.05, 4.69) is 22.4 Å². The fraction of sp³-hybridized carbons (Fsp3) is 0.211. The van der Waals surface area contributed by atoms with Crippen molar-refractivity contribution in [2.45, 2.75) is 13.0 Å². The van der Waals surface area contributed by atoms with Gasteiger partial charge >= 0.3 is 0 Å². The van der Waals surface area contributed by atoms with E-state index in [1.54, 1.807) is 18.4 Å². The first-order chi connectivity index (χ1) is 11.8. The summed E-state index contributed by atoms with van der Waals surface area (Å²) in [5.41, 5.74) is 2.25. The zero-order valence-corrected chi connectivity index (χ0v) is 15.0. The maximum Gasteiger partial charge on any atom is 0.127 e. The van der Waals surface area contributed by atoms with Gasteiger partial charge in [-0.15, -0.1) is 11.3 Å². The van der Waals surface area contributed by atoms with Gasteiger partial charge < -0.3 is 10.1 Å². The highest BCUT2D eigenvalue weighted by molar-refractivity contribution is 7.15. The molecule has 0 saturated heterocycles. The van der Waals surface area contributed by atoms with Crippen molar-refractivity contribution >= 4 is 22.9 Å². The van der Waals surface area contributed by atoms with Crippen molar-refractivity contribution in [2.75, 3.05) is 13.7 Å². The number of para-hydroxylation sites is 1. The highest BCUT2D eigenvalue weighted by Gasteiger charge is 2.09. The van der Waals surface area contributed by atoms with Crippen molar-refractivity contribution < 1.29 is 4.74 Å². The molecule has 1 heterocycles. The Balaban J connectivity index is 1.56. The quantitative estimate of drug-likeness (QED) is 0.616. The summed E-state index contributed by atoms with van der Waals surface area (Å²) in [4.78, 5) is 5.63. The Hall–Kier alpha value is -1.88. The smallest absolute Gasteiger partial charge is 0.127 e. The highest BCUT2D eigenvalue weighted by atomic mass is 35.5. The molecule has 1 aromatic heterocycles. The van der Waals surface area contributed by atoms with Crippen molar-refractivity contribution in [2.24, 2.45) is 0 Å². The van der Waals surface area contributed by atoms with Crippen molar-refractivity contribution in [1.82, 2.24) is 10.3 Å².